The molecule has 0 unspecified atom stereocenters. The highest BCUT2D eigenvalue weighted by Crippen LogP contribution is 2.31. The third-order valence-corrected chi connectivity index (χ3v) is 3.23. The summed E-state index contributed by atoms with van der Waals surface area (Å²) in [4.78, 5) is 26.1. The molecule has 1 aromatic carbocycles. The molecule has 2 N–H and O–H groups in total. The van der Waals surface area contributed by atoms with E-state index in [-0.39, 0.29) is 22.9 Å². The Morgan fingerprint density at radius 1 is 1.04 bits per heavy atom. The van der Waals surface area contributed by atoms with E-state index in [2.05, 4.69) is 25.3 Å². The van der Waals surface area contributed by atoms with Gasteiger partial charge >= 0.3 is 12.1 Å². The highest BCUT2D eigenvalue weighted by molar-refractivity contribution is 5.88. The number of rotatable bonds is 4. The molecular weight excluding hydrogens is 351 g/mol. The maximum absolute atomic E-state index is 13.1. The molecule has 0 spiro atoms. The van der Waals surface area contributed by atoms with Crippen LogP contribution in [0.25, 0.3) is 11.4 Å². The molecule has 2 aromatic heterocycles. The van der Waals surface area contributed by atoms with Gasteiger partial charge in [0.05, 0.1) is 17.5 Å². The summed E-state index contributed by atoms with van der Waals surface area (Å²) in [5.41, 5.74) is -0.659. The normalized spacial score (nSPS) is 11.2. The van der Waals surface area contributed by atoms with E-state index in [9.17, 15) is 18.0 Å². The van der Waals surface area contributed by atoms with Gasteiger partial charge in [-0.3, -0.25) is 9.97 Å². The average Bonchev–Trinajstić information content (AvgIpc) is 2.62. The van der Waals surface area contributed by atoms with Gasteiger partial charge in [0.1, 0.15) is 5.69 Å². The number of hydrogen-bond donors (Lipinski definition) is 2. The maximum atomic E-state index is 13.1. The predicted octanol–water partition coefficient (Wildman–Crippen LogP) is 3.39. The summed E-state index contributed by atoms with van der Waals surface area (Å²) in [6.45, 7) is 0. The quantitative estimate of drug-likeness (QED) is 0.734. The summed E-state index contributed by atoms with van der Waals surface area (Å²) in [6.07, 6.45) is -0.668. The molecule has 0 atom stereocenters. The van der Waals surface area contributed by atoms with Crippen molar-refractivity contribution in [2.24, 2.45) is 0 Å². The molecule has 26 heavy (non-hydrogen) atoms. The number of carboxylic acid groups (broad SMARTS) is 1. The van der Waals surface area contributed by atoms with E-state index >= 15 is 0 Å². The Bertz CT molecular complexity index is 931. The summed E-state index contributed by atoms with van der Waals surface area (Å²) in [5.74, 6) is -1.42. The standard InChI is InChI=1S/C16H10F3N5O2/c17-16(18,19)13-7-11(12-8-20-5-6-21-12)23-15(24-13)22-10-3-1-9(2-4-10)14(25)26/h1-8H,(H,25,26)(H,22,23,24). The lowest BCUT2D eigenvalue weighted by Gasteiger charge is -2.11. The number of benzene rings is 1. The topological polar surface area (TPSA) is 101 Å². The molecule has 0 aliphatic heterocycles. The Hall–Kier alpha value is -3.56. The average molecular weight is 361 g/mol. The number of hydrogen-bond acceptors (Lipinski definition) is 6. The first-order chi connectivity index (χ1) is 12.3. The first kappa shape index (κ1) is 17.3. The predicted molar refractivity (Wildman–Crippen MR) is 84.7 cm³/mol. The molecule has 0 radical (unpaired) electrons. The van der Waals surface area contributed by atoms with Crippen LogP contribution < -0.4 is 5.32 Å². The zero-order valence-electron chi connectivity index (χ0n) is 12.9. The van der Waals surface area contributed by atoms with Crippen LogP contribution >= 0.6 is 0 Å². The van der Waals surface area contributed by atoms with Crippen LogP contribution in [0.3, 0.4) is 0 Å². The van der Waals surface area contributed by atoms with Crippen molar-refractivity contribution in [2.75, 3.05) is 5.32 Å². The van der Waals surface area contributed by atoms with Gasteiger partial charge in [-0.2, -0.15) is 13.2 Å². The largest absolute Gasteiger partial charge is 0.478 e. The Kier molecular flexibility index (Phi) is 4.48. The molecule has 0 saturated carbocycles. The van der Waals surface area contributed by atoms with Crippen molar-refractivity contribution in [2.45, 2.75) is 6.18 Å². The fraction of sp³-hybridized carbons (Fsp3) is 0.0625. The molecule has 0 aliphatic rings. The third-order valence-electron chi connectivity index (χ3n) is 3.23. The first-order valence-electron chi connectivity index (χ1n) is 7.16. The van der Waals surface area contributed by atoms with Gasteiger partial charge in [-0.1, -0.05) is 0 Å². The lowest BCUT2D eigenvalue weighted by molar-refractivity contribution is -0.141. The van der Waals surface area contributed by atoms with Crippen LogP contribution in [0.1, 0.15) is 16.1 Å². The fourth-order valence-electron chi connectivity index (χ4n) is 2.04. The first-order valence-corrected chi connectivity index (χ1v) is 7.16. The van der Waals surface area contributed by atoms with Crippen LogP contribution in [-0.2, 0) is 6.18 Å². The minimum atomic E-state index is -4.68. The molecule has 7 nitrogen and oxygen atoms in total. The number of nitrogens with one attached hydrogen (secondary N) is 1. The molecule has 0 bridgehead atoms. The van der Waals surface area contributed by atoms with Crippen LogP contribution in [0.4, 0.5) is 24.8 Å². The van der Waals surface area contributed by atoms with E-state index in [1.54, 1.807) is 0 Å². The number of alkyl halides is 3. The van der Waals surface area contributed by atoms with Crippen molar-refractivity contribution in [3.8, 4) is 11.4 Å². The zero-order chi connectivity index (χ0) is 18.7. The van der Waals surface area contributed by atoms with E-state index in [1.807, 2.05) is 0 Å². The third kappa shape index (κ3) is 3.91. The molecule has 132 valence electrons. The number of nitrogens with zero attached hydrogens (tertiary/aromatic N) is 4. The molecule has 3 rings (SSSR count). The van der Waals surface area contributed by atoms with Gasteiger partial charge in [0.25, 0.3) is 0 Å². The van der Waals surface area contributed by atoms with Crippen molar-refractivity contribution < 1.29 is 23.1 Å². The Balaban J connectivity index is 1.99. The minimum Gasteiger partial charge on any atom is -0.478 e. The van der Waals surface area contributed by atoms with Gasteiger partial charge < -0.3 is 10.4 Å². The Labute approximate surface area is 144 Å². The number of aromatic carboxylic acids is 1. The van der Waals surface area contributed by atoms with Crippen LogP contribution in [0.5, 0.6) is 0 Å². The van der Waals surface area contributed by atoms with Gasteiger partial charge in [-0.05, 0) is 30.3 Å². The number of anilines is 2. The monoisotopic (exact) mass is 361 g/mol. The van der Waals surface area contributed by atoms with E-state index in [0.717, 1.165) is 6.07 Å². The zero-order valence-corrected chi connectivity index (χ0v) is 12.9. The second-order valence-electron chi connectivity index (χ2n) is 5.06. The highest BCUT2D eigenvalue weighted by Gasteiger charge is 2.34. The number of halogens is 3. The number of aromatic nitrogens is 4. The molecule has 0 amide bonds. The molecule has 10 heteroatoms. The van der Waals surface area contributed by atoms with Crippen molar-refractivity contribution in [1.29, 1.82) is 0 Å². The van der Waals surface area contributed by atoms with E-state index in [1.165, 1.54) is 42.9 Å². The van der Waals surface area contributed by atoms with Crippen molar-refractivity contribution in [3.63, 3.8) is 0 Å². The van der Waals surface area contributed by atoms with Crippen molar-refractivity contribution in [1.82, 2.24) is 19.9 Å². The Morgan fingerprint density at radius 3 is 2.35 bits per heavy atom. The second kappa shape index (κ2) is 6.75. The molecule has 2 heterocycles. The van der Waals surface area contributed by atoms with Crippen LogP contribution in [-0.4, -0.2) is 31.0 Å². The molecule has 0 aliphatic carbocycles. The van der Waals surface area contributed by atoms with Gasteiger partial charge in [0, 0.05) is 18.1 Å². The summed E-state index contributed by atoms with van der Waals surface area (Å²) in [7, 11) is 0. The van der Waals surface area contributed by atoms with Gasteiger partial charge in [0.2, 0.25) is 5.95 Å². The highest BCUT2D eigenvalue weighted by atomic mass is 19.4. The lowest BCUT2D eigenvalue weighted by Crippen LogP contribution is -2.11. The number of carboxylic acids is 1. The Morgan fingerprint density at radius 2 is 1.77 bits per heavy atom. The molecule has 0 saturated heterocycles. The van der Waals surface area contributed by atoms with Crippen LogP contribution in [0.15, 0.2) is 48.9 Å². The van der Waals surface area contributed by atoms with E-state index in [0.29, 0.717) is 5.69 Å². The number of carbonyl (C=O) groups is 1. The van der Waals surface area contributed by atoms with Gasteiger partial charge in [-0.25, -0.2) is 14.8 Å². The van der Waals surface area contributed by atoms with Gasteiger partial charge in [0.15, 0.2) is 5.69 Å². The SMILES string of the molecule is O=C(O)c1ccc(Nc2nc(-c3cnccn3)cc(C(F)(F)F)n2)cc1. The maximum Gasteiger partial charge on any atom is 0.433 e. The van der Waals surface area contributed by atoms with Crippen LogP contribution in [0, 0.1) is 0 Å². The summed E-state index contributed by atoms with van der Waals surface area (Å²) in [6, 6.07) is 6.19. The fourth-order valence-corrected chi connectivity index (χ4v) is 2.04. The van der Waals surface area contributed by atoms with Crippen LogP contribution in [0.2, 0.25) is 0 Å². The molecule has 0 fully saturated rings. The van der Waals surface area contributed by atoms with Crippen molar-refractivity contribution in [3.05, 3.63) is 60.2 Å². The van der Waals surface area contributed by atoms with Crippen molar-refractivity contribution >= 4 is 17.6 Å². The second-order valence-corrected chi connectivity index (χ2v) is 5.06. The summed E-state index contributed by atoms with van der Waals surface area (Å²) in [5, 5.41) is 11.5. The smallest absolute Gasteiger partial charge is 0.433 e. The molecular formula is C16H10F3N5O2. The summed E-state index contributed by atoms with van der Waals surface area (Å²) < 4.78 is 39.4. The minimum absolute atomic E-state index is 0.0424. The van der Waals surface area contributed by atoms with Gasteiger partial charge in [-0.15, -0.1) is 0 Å². The van der Waals surface area contributed by atoms with E-state index in [4.69, 9.17) is 5.11 Å². The molecule has 3 aromatic rings. The van der Waals surface area contributed by atoms with E-state index < -0.39 is 17.8 Å². The summed E-state index contributed by atoms with van der Waals surface area (Å²) >= 11 is 0. The lowest BCUT2D eigenvalue weighted by atomic mass is 10.2.